The molecule has 21 heavy (non-hydrogen) atoms. The summed E-state index contributed by atoms with van der Waals surface area (Å²) in [6.45, 7) is -0.392. The Bertz CT molecular complexity index is 775. The van der Waals surface area contributed by atoms with Crippen molar-refractivity contribution in [2.45, 2.75) is 12.7 Å². The summed E-state index contributed by atoms with van der Waals surface area (Å²) in [5.41, 5.74) is -3.11. The predicted molar refractivity (Wildman–Crippen MR) is 63.5 cm³/mol. The van der Waals surface area contributed by atoms with Crippen LogP contribution in [0.1, 0.15) is 11.1 Å². The van der Waals surface area contributed by atoms with Crippen molar-refractivity contribution >= 4 is 0 Å². The third-order valence-electron chi connectivity index (χ3n) is 2.74. The highest BCUT2D eigenvalue weighted by molar-refractivity contribution is 5.25. The van der Waals surface area contributed by atoms with Crippen LogP contribution in [0.5, 0.6) is 5.88 Å². The summed E-state index contributed by atoms with van der Waals surface area (Å²) in [5, 5.41) is 9.39. The van der Waals surface area contributed by atoms with Gasteiger partial charge in [0.2, 0.25) is 11.7 Å². The molecule has 0 aliphatic heterocycles. The van der Waals surface area contributed by atoms with Gasteiger partial charge in [-0.05, 0) is 17.7 Å². The molecule has 0 amide bonds. The van der Waals surface area contributed by atoms with Gasteiger partial charge in [-0.15, -0.1) is 0 Å². The Labute approximate surface area is 114 Å². The van der Waals surface area contributed by atoms with E-state index in [-0.39, 0.29) is 5.56 Å². The third kappa shape index (κ3) is 2.96. The number of H-pyrrole nitrogens is 1. The molecular weight excluding hydrogens is 296 g/mol. The average molecular weight is 304 g/mol. The molecule has 0 aliphatic carbocycles. The van der Waals surface area contributed by atoms with Crippen molar-refractivity contribution in [2.75, 3.05) is 0 Å². The zero-order valence-electron chi connectivity index (χ0n) is 10.2. The van der Waals surface area contributed by atoms with Crippen LogP contribution >= 0.6 is 0 Å². The molecule has 1 heterocycles. The minimum Gasteiger partial charge on any atom is -0.492 e. The summed E-state index contributed by atoms with van der Waals surface area (Å²) in [4.78, 5) is 24.0. The van der Waals surface area contributed by atoms with Gasteiger partial charge in [-0.25, -0.2) is 4.79 Å². The van der Waals surface area contributed by atoms with Crippen molar-refractivity contribution in [3.63, 3.8) is 0 Å². The highest BCUT2D eigenvalue weighted by Crippen LogP contribution is 2.29. The van der Waals surface area contributed by atoms with Crippen LogP contribution in [0.3, 0.4) is 0 Å². The van der Waals surface area contributed by atoms with Gasteiger partial charge < -0.3 is 5.11 Å². The molecule has 112 valence electrons. The van der Waals surface area contributed by atoms with Gasteiger partial charge in [0.25, 0.3) is 5.56 Å². The SMILES string of the molecule is O=c1[nH]c(=O)n(Cc2ccc(C(F)(F)F)cc2)c(O)c1F. The Morgan fingerprint density at radius 3 is 2.24 bits per heavy atom. The number of aromatic hydroxyl groups is 1. The lowest BCUT2D eigenvalue weighted by atomic mass is 10.1. The molecule has 0 aliphatic rings. The smallest absolute Gasteiger partial charge is 0.416 e. The number of nitrogens with zero attached hydrogens (tertiary/aromatic N) is 1. The van der Waals surface area contributed by atoms with E-state index >= 15 is 0 Å². The Morgan fingerprint density at radius 2 is 1.71 bits per heavy atom. The van der Waals surface area contributed by atoms with Gasteiger partial charge in [-0.3, -0.25) is 14.3 Å². The summed E-state index contributed by atoms with van der Waals surface area (Å²) >= 11 is 0. The molecule has 2 rings (SSSR count). The summed E-state index contributed by atoms with van der Waals surface area (Å²) in [6, 6.07) is 3.74. The number of nitrogens with one attached hydrogen (secondary N) is 1. The first kappa shape index (κ1) is 14.8. The molecular formula is C12H8F4N2O3. The van der Waals surface area contributed by atoms with Crippen molar-refractivity contribution in [3.05, 3.63) is 62.0 Å². The molecule has 0 saturated carbocycles. The van der Waals surface area contributed by atoms with Crippen LogP contribution in [-0.4, -0.2) is 14.7 Å². The lowest BCUT2D eigenvalue weighted by Crippen LogP contribution is -2.32. The average Bonchev–Trinajstić information content (AvgIpc) is 2.41. The zero-order valence-corrected chi connectivity index (χ0v) is 10.2. The fraction of sp³-hybridized carbons (Fsp3) is 0.167. The van der Waals surface area contributed by atoms with E-state index in [0.717, 1.165) is 24.3 Å². The predicted octanol–water partition coefficient (Wildman–Crippen LogP) is 1.45. The molecule has 5 nitrogen and oxygen atoms in total. The van der Waals surface area contributed by atoms with E-state index in [2.05, 4.69) is 0 Å². The Morgan fingerprint density at radius 1 is 1.14 bits per heavy atom. The maximum atomic E-state index is 13.2. The van der Waals surface area contributed by atoms with E-state index in [9.17, 15) is 32.3 Å². The van der Waals surface area contributed by atoms with Crippen LogP contribution in [0.2, 0.25) is 0 Å². The minimum atomic E-state index is -4.50. The fourth-order valence-corrected chi connectivity index (χ4v) is 1.66. The van der Waals surface area contributed by atoms with Crippen molar-refractivity contribution in [1.29, 1.82) is 0 Å². The van der Waals surface area contributed by atoms with Crippen molar-refractivity contribution < 1.29 is 22.7 Å². The van der Waals surface area contributed by atoms with Gasteiger partial charge in [0.05, 0.1) is 12.1 Å². The van der Waals surface area contributed by atoms with Gasteiger partial charge in [-0.1, -0.05) is 12.1 Å². The minimum absolute atomic E-state index is 0.215. The second-order valence-electron chi connectivity index (χ2n) is 4.18. The number of aromatic nitrogens is 2. The topological polar surface area (TPSA) is 75.1 Å². The van der Waals surface area contributed by atoms with Crippen LogP contribution in [-0.2, 0) is 12.7 Å². The quantitative estimate of drug-likeness (QED) is 0.825. The van der Waals surface area contributed by atoms with E-state index in [1.54, 1.807) is 4.98 Å². The number of halogens is 4. The normalized spacial score (nSPS) is 11.6. The summed E-state index contributed by atoms with van der Waals surface area (Å²) in [7, 11) is 0. The van der Waals surface area contributed by atoms with Crippen molar-refractivity contribution in [3.8, 4) is 5.88 Å². The first-order valence-corrected chi connectivity index (χ1v) is 5.58. The first-order valence-electron chi connectivity index (χ1n) is 5.58. The van der Waals surface area contributed by atoms with E-state index in [4.69, 9.17) is 0 Å². The largest absolute Gasteiger partial charge is 0.492 e. The molecule has 0 unspecified atom stereocenters. The number of benzene rings is 1. The van der Waals surface area contributed by atoms with Crippen molar-refractivity contribution in [1.82, 2.24) is 9.55 Å². The summed E-state index contributed by atoms with van der Waals surface area (Å²) in [5.74, 6) is -2.72. The second kappa shape index (κ2) is 5.08. The van der Waals surface area contributed by atoms with Gasteiger partial charge in [0.1, 0.15) is 0 Å². The second-order valence-corrected chi connectivity index (χ2v) is 4.18. The molecule has 9 heteroatoms. The van der Waals surface area contributed by atoms with Gasteiger partial charge >= 0.3 is 11.9 Å². The van der Waals surface area contributed by atoms with Gasteiger partial charge in [0.15, 0.2) is 0 Å². The molecule has 0 saturated heterocycles. The highest BCUT2D eigenvalue weighted by atomic mass is 19.4. The molecule has 0 bridgehead atoms. The highest BCUT2D eigenvalue weighted by Gasteiger charge is 2.29. The van der Waals surface area contributed by atoms with E-state index in [1.165, 1.54) is 0 Å². The number of alkyl halides is 3. The molecule has 0 radical (unpaired) electrons. The zero-order chi connectivity index (χ0) is 15.8. The maximum Gasteiger partial charge on any atom is 0.416 e. The monoisotopic (exact) mass is 304 g/mol. The maximum absolute atomic E-state index is 13.2. The van der Waals surface area contributed by atoms with Crippen molar-refractivity contribution in [2.24, 2.45) is 0 Å². The van der Waals surface area contributed by atoms with E-state index < -0.39 is 41.2 Å². The molecule has 1 aromatic carbocycles. The standard InChI is InChI=1S/C12H8F4N2O3/c13-8-9(19)17-11(21)18(10(8)20)5-6-1-3-7(4-2-6)12(14,15)16/h1-4,20H,5H2,(H,17,19,21). The van der Waals surface area contributed by atoms with E-state index in [0.29, 0.717) is 4.57 Å². The van der Waals surface area contributed by atoms with E-state index in [1.807, 2.05) is 0 Å². The number of hydrogen-bond acceptors (Lipinski definition) is 3. The van der Waals surface area contributed by atoms with Gasteiger partial charge in [-0.2, -0.15) is 17.6 Å². The summed E-state index contributed by atoms with van der Waals surface area (Å²) < 4.78 is 50.9. The van der Waals surface area contributed by atoms with Crippen LogP contribution in [0.15, 0.2) is 33.9 Å². The number of hydrogen-bond donors (Lipinski definition) is 2. The Kier molecular flexibility index (Phi) is 3.58. The molecule has 2 N–H and O–H groups in total. The Balaban J connectivity index is 2.38. The molecule has 2 aromatic rings. The number of aromatic amines is 1. The van der Waals surface area contributed by atoms with Gasteiger partial charge in [0, 0.05) is 0 Å². The lowest BCUT2D eigenvalue weighted by Gasteiger charge is -2.10. The van der Waals surface area contributed by atoms with Crippen LogP contribution < -0.4 is 11.2 Å². The molecule has 1 aromatic heterocycles. The molecule has 0 atom stereocenters. The molecule has 0 fully saturated rings. The number of rotatable bonds is 2. The lowest BCUT2D eigenvalue weighted by molar-refractivity contribution is -0.137. The Hall–Kier alpha value is -2.58. The summed E-state index contributed by atoms with van der Waals surface area (Å²) in [6.07, 6.45) is -4.50. The van der Waals surface area contributed by atoms with Crippen LogP contribution in [0, 0.1) is 5.82 Å². The van der Waals surface area contributed by atoms with Crippen LogP contribution in [0.4, 0.5) is 17.6 Å². The first-order chi connectivity index (χ1) is 9.70. The molecule has 0 spiro atoms. The third-order valence-corrected chi connectivity index (χ3v) is 2.74. The fourth-order valence-electron chi connectivity index (χ4n) is 1.66. The van der Waals surface area contributed by atoms with Crippen LogP contribution in [0.25, 0.3) is 0 Å².